The van der Waals surface area contributed by atoms with Crippen molar-refractivity contribution in [1.29, 1.82) is 0 Å². The molecule has 0 aromatic heterocycles. The highest BCUT2D eigenvalue weighted by molar-refractivity contribution is 5.68. The number of carbonyl (C=O) groups is 6. The second-order valence-corrected chi connectivity index (χ2v) is 24.0. The monoisotopic (exact) mass is 1430 g/mol. The average Bonchev–Trinajstić information content (AvgIpc) is 0.986. The number of amides is 1. The van der Waals surface area contributed by atoms with Crippen LogP contribution in [0.4, 0.5) is 4.79 Å². The predicted molar refractivity (Wildman–Crippen MR) is 406 cm³/mol. The molecule has 0 radical (unpaired) electrons. The summed E-state index contributed by atoms with van der Waals surface area (Å²) in [4.78, 5) is 63.0. The number of esters is 5. The Balaban J connectivity index is -0.00000112. The van der Waals surface area contributed by atoms with Crippen LogP contribution < -0.4 is 29.0 Å². The van der Waals surface area contributed by atoms with Crippen LogP contribution in [0, 0.1) is 40.5 Å². The number of aryl methyl sites for hydroxylation is 5. The highest BCUT2D eigenvalue weighted by atomic mass is 16.6. The average molecular weight is 1430 g/mol. The van der Waals surface area contributed by atoms with Gasteiger partial charge in [0.15, 0.2) is 0 Å². The lowest BCUT2D eigenvalue weighted by Crippen LogP contribution is -2.28. The van der Waals surface area contributed by atoms with Gasteiger partial charge in [-0.2, -0.15) is 0 Å². The van der Waals surface area contributed by atoms with Gasteiger partial charge in [-0.3, -0.25) is 24.0 Å². The molecule has 0 aliphatic carbocycles. The van der Waals surface area contributed by atoms with E-state index in [1.54, 1.807) is 14.2 Å². The standard InChI is InChI=1S/C15H22O4.C14H19NO4.C12H18O.2C11H16O2.2C7H14O2.C5H10O2/c1-4-13(5-2)19-15-8-6-14(7-9-15)18-11-10-17-12(3)16;1-10-6-11(2)8-13(7-10)9-19-14(17)15-4-5-18-12(3)16;1-4-11(5-2)13-12-8-6-10(3)7-9-12;1-9-4-10(7-12-2)6-11(5-9)8-13-3;1-4-12-10-6-9(3)7-11(8-10)13-5-2;1-4-6(2)5-9-7(3)8;1-4-7(5-2)9-6(3)8;1-4(2)7-5(3)6/h6-9,13H,4-5,10-11H2,1-3H3;6-8H,4-5,9H2,1-3H3,(H,15,17);6-9,11H,4-5H2,1-3H3;4-6H,7-8H2,1-3H3;6-8H,4-5H2,1-3H3;6H,4-5H2,1-3H3;7H,4-5H2,1-3H3;4H,1-3H3. The van der Waals surface area contributed by atoms with Crippen molar-refractivity contribution in [2.75, 3.05) is 60.4 Å². The Hall–Kier alpha value is -8.36. The number of hydrogen-bond acceptors (Lipinski definition) is 19. The number of alkyl carbamates (subject to hydrolysis) is 1. The minimum Gasteiger partial charge on any atom is -0.494 e. The lowest BCUT2D eigenvalue weighted by atomic mass is 10.1. The largest absolute Gasteiger partial charge is 0.494 e. The topological polar surface area (TPSA) is 234 Å². The van der Waals surface area contributed by atoms with Gasteiger partial charge in [0.25, 0.3) is 0 Å². The third kappa shape index (κ3) is 58.3. The van der Waals surface area contributed by atoms with Crippen LogP contribution in [0.3, 0.4) is 0 Å². The highest BCUT2D eigenvalue weighted by Crippen LogP contribution is 2.23. The Kier molecular flexibility index (Phi) is 59.9. The van der Waals surface area contributed by atoms with Gasteiger partial charge >= 0.3 is 35.9 Å². The van der Waals surface area contributed by atoms with E-state index in [0.717, 1.165) is 95.9 Å². The molecule has 1 N–H and O–H groups in total. The van der Waals surface area contributed by atoms with Crippen LogP contribution >= 0.6 is 0 Å². The Morgan fingerprint density at radius 3 is 1.12 bits per heavy atom. The SMILES string of the molecule is CC(=O)OC(C)C.CC(=O)OCCNC(=O)OCc1cc(C)cc(C)c1.CCC(C)COC(C)=O.CCC(CC)OC(C)=O.CCC(CC)Oc1ccc(C)cc1.CCC(CC)Oc1ccc(OCCOC(C)=O)cc1.CCOc1cc(C)cc(OCC)c1.COCc1cc(C)cc(COC)c1. The summed E-state index contributed by atoms with van der Waals surface area (Å²) < 4.78 is 66.7. The molecule has 0 aliphatic rings. The fourth-order valence-corrected chi connectivity index (χ4v) is 8.63. The van der Waals surface area contributed by atoms with Gasteiger partial charge in [-0.05, 0) is 178 Å². The second kappa shape index (κ2) is 62.4. The van der Waals surface area contributed by atoms with E-state index in [1.807, 2.05) is 129 Å². The molecule has 0 heterocycles. The van der Waals surface area contributed by atoms with Crippen molar-refractivity contribution in [2.24, 2.45) is 5.92 Å². The van der Waals surface area contributed by atoms with Crippen molar-refractivity contribution in [3.05, 3.63) is 148 Å². The number of nitrogens with one attached hydrogen (secondary N) is 1. The molecule has 0 spiro atoms. The van der Waals surface area contributed by atoms with Gasteiger partial charge in [-0.25, -0.2) is 4.79 Å². The summed E-state index contributed by atoms with van der Waals surface area (Å²) in [6.07, 6.45) is 7.28. The van der Waals surface area contributed by atoms with Crippen LogP contribution in [0.25, 0.3) is 0 Å². The number of methoxy groups -OCH3 is 2. The van der Waals surface area contributed by atoms with Crippen LogP contribution in [-0.4, -0.2) is 121 Å². The van der Waals surface area contributed by atoms with Gasteiger partial charge in [-0.15, -0.1) is 0 Å². The first-order valence-corrected chi connectivity index (χ1v) is 35.7. The molecule has 0 aliphatic heterocycles. The van der Waals surface area contributed by atoms with Gasteiger partial charge in [0, 0.05) is 54.9 Å². The van der Waals surface area contributed by atoms with Crippen LogP contribution in [-0.2, 0) is 81.7 Å². The molecule has 0 saturated carbocycles. The van der Waals surface area contributed by atoms with Crippen LogP contribution in [0.15, 0.2) is 103 Å². The zero-order valence-electron chi connectivity index (χ0n) is 66.5. The normalized spacial score (nSPS) is 10.3. The van der Waals surface area contributed by atoms with Crippen molar-refractivity contribution >= 4 is 35.9 Å². The van der Waals surface area contributed by atoms with Crippen molar-refractivity contribution in [3.8, 4) is 28.7 Å². The summed E-state index contributed by atoms with van der Waals surface area (Å²) in [7, 11) is 3.41. The third-order valence-electron chi connectivity index (χ3n) is 13.6. The molecule has 0 fully saturated rings. The molecule has 5 aromatic rings. The Bertz CT molecular complexity index is 2850. The Labute approximate surface area is 613 Å². The molecule has 0 bridgehead atoms. The molecule has 1 atom stereocenters. The van der Waals surface area contributed by atoms with Crippen molar-refractivity contribution in [2.45, 2.75) is 242 Å². The van der Waals surface area contributed by atoms with Crippen LogP contribution in [0.2, 0.25) is 0 Å². The first-order chi connectivity index (χ1) is 48.4. The summed E-state index contributed by atoms with van der Waals surface area (Å²) >= 11 is 0. The van der Waals surface area contributed by atoms with E-state index in [2.05, 4.69) is 107 Å². The van der Waals surface area contributed by atoms with Gasteiger partial charge in [0.2, 0.25) is 0 Å². The van der Waals surface area contributed by atoms with E-state index in [0.29, 0.717) is 51.7 Å². The highest BCUT2D eigenvalue weighted by Gasteiger charge is 2.09. The van der Waals surface area contributed by atoms with E-state index < -0.39 is 6.09 Å². The third-order valence-corrected chi connectivity index (χ3v) is 13.6. The zero-order chi connectivity index (χ0) is 77.8. The maximum absolute atomic E-state index is 11.4. The van der Waals surface area contributed by atoms with Gasteiger partial charge in [0.1, 0.15) is 61.3 Å². The van der Waals surface area contributed by atoms with E-state index >= 15 is 0 Å². The van der Waals surface area contributed by atoms with Gasteiger partial charge in [0.05, 0.1) is 57.9 Å². The van der Waals surface area contributed by atoms with Gasteiger partial charge in [-0.1, -0.05) is 133 Å². The summed E-state index contributed by atoms with van der Waals surface area (Å²) in [6.45, 7) is 46.0. The summed E-state index contributed by atoms with van der Waals surface area (Å²) in [6, 6.07) is 34.0. The number of benzene rings is 5. The van der Waals surface area contributed by atoms with E-state index in [9.17, 15) is 28.8 Å². The summed E-state index contributed by atoms with van der Waals surface area (Å²) in [5, 5.41) is 2.50. The Morgan fingerprint density at radius 2 is 0.755 bits per heavy atom. The lowest BCUT2D eigenvalue weighted by Gasteiger charge is -2.15. The first kappa shape index (κ1) is 97.8. The minimum absolute atomic E-state index is 0.0255. The quantitative estimate of drug-likeness (QED) is 0.0239. The predicted octanol–water partition coefficient (Wildman–Crippen LogP) is 18.2. The fraction of sp³-hybridized carbons (Fsp3) is 0.561. The number of ether oxygens (including phenoxy) is 13. The van der Waals surface area contributed by atoms with Crippen molar-refractivity contribution in [1.82, 2.24) is 5.32 Å². The molecule has 1 amide bonds. The lowest BCUT2D eigenvalue weighted by molar-refractivity contribution is -0.147. The van der Waals surface area contributed by atoms with E-state index in [1.165, 1.54) is 56.9 Å². The maximum Gasteiger partial charge on any atom is 0.407 e. The molecule has 0 saturated heterocycles. The van der Waals surface area contributed by atoms with Crippen molar-refractivity contribution in [3.63, 3.8) is 0 Å². The number of hydrogen-bond donors (Lipinski definition) is 1. The smallest absolute Gasteiger partial charge is 0.407 e. The van der Waals surface area contributed by atoms with Gasteiger partial charge < -0.3 is 66.9 Å². The number of carbonyl (C=O) groups excluding carboxylic acids is 6. The number of rotatable bonds is 32. The summed E-state index contributed by atoms with van der Waals surface area (Å²) in [5.41, 5.74) is 9.31. The zero-order valence-corrected chi connectivity index (χ0v) is 66.5. The Morgan fingerprint density at radius 1 is 0.363 bits per heavy atom. The minimum atomic E-state index is -0.522. The van der Waals surface area contributed by atoms with Crippen LogP contribution in [0.1, 0.15) is 207 Å². The maximum atomic E-state index is 11.4. The molecular formula is C82H129NO19. The second-order valence-electron chi connectivity index (χ2n) is 24.0. The molecule has 5 rings (SSSR count). The first-order valence-electron chi connectivity index (χ1n) is 35.7. The molecule has 20 nitrogen and oxygen atoms in total. The summed E-state index contributed by atoms with van der Waals surface area (Å²) in [5.74, 6) is 3.59. The molecule has 102 heavy (non-hydrogen) atoms. The fourth-order valence-electron chi connectivity index (χ4n) is 8.63. The molecular weight excluding hydrogens is 1300 g/mol. The molecule has 20 heteroatoms. The van der Waals surface area contributed by atoms with Crippen molar-refractivity contribution < 1.29 is 90.3 Å². The van der Waals surface area contributed by atoms with E-state index in [4.69, 9.17) is 52.1 Å². The molecule has 1 unspecified atom stereocenters. The van der Waals surface area contributed by atoms with E-state index in [-0.39, 0.29) is 74.5 Å². The van der Waals surface area contributed by atoms with Crippen LogP contribution in [0.5, 0.6) is 28.7 Å². The molecule has 5 aromatic carbocycles. The molecule has 576 valence electrons.